The van der Waals surface area contributed by atoms with Crippen LogP contribution in [0.5, 0.6) is 0 Å². The lowest BCUT2D eigenvalue weighted by Gasteiger charge is -2.12. The lowest BCUT2D eigenvalue weighted by atomic mass is 9.98. The average Bonchev–Trinajstić information content (AvgIpc) is 3.60. The number of benzene rings is 6. The number of nitrogens with zero attached hydrogens (tertiary/aromatic N) is 5. The largest absolute Gasteiger partial charge is 0.436 e. The molecule has 3 heterocycles. The first-order valence-electron chi connectivity index (χ1n) is 15.4. The van der Waals surface area contributed by atoms with Crippen molar-refractivity contribution in [2.45, 2.75) is 0 Å². The van der Waals surface area contributed by atoms with Crippen LogP contribution in [0.25, 0.3) is 89.7 Å². The van der Waals surface area contributed by atoms with Crippen molar-refractivity contribution in [1.82, 2.24) is 24.9 Å². The molecule has 0 aliphatic heterocycles. The zero-order valence-corrected chi connectivity index (χ0v) is 25.1. The number of aromatic nitrogens is 5. The van der Waals surface area contributed by atoms with Gasteiger partial charge in [-0.05, 0) is 36.4 Å². The molecule has 0 spiro atoms. The molecule has 0 radical (unpaired) electrons. The summed E-state index contributed by atoms with van der Waals surface area (Å²) >= 11 is 0. The molecule has 47 heavy (non-hydrogen) atoms. The van der Waals surface area contributed by atoms with Crippen LogP contribution in [0.15, 0.2) is 156 Å². The highest BCUT2D eigenvalue weighted by Gasteiger charge is 2.19. The summed E-state index contributed by atoms with van der Waals surface area (Å²) in [6, 6.07) is 50.5. The van der Waals surface area contributed by atoms with Gasteiger partial charge in [-0.3, -0.25) is 0 Å². The molecule has 0 aliphatic carbocycles. The van der Waals surface area contributed by atoms with E-state index in [-0.39, 0.29) is 0 Å². The second kappa shape index (κ2) is 11.1. The molecular weight excluding hydrogens is 578 g/mol. The van der Waals surface area contributed by atoms with Crippen LogP contribution >= 0.6 is 0 Å². The summed E-state index contributed by atoms with van der Waals surface area (Å²) in [7, 11) is 0. The Labute approximate surface area is 270 Å². The van der Waals surface area contributed by atoms with Gasteiger partial charge in [-0.15, -0.1) is 0 Å². The van der Waals surface area contributed by atoms with Gasteiger partial charge in [0, 0.05) is 44.0 Å². The zero-order valence-electron chi connectivity index (χ0n) is 25.1. The van der Waals surface area contributed by atoms with Gasteiger partial charge in [0.1, 0.15) is 5.52 Å². The van der Waals surface area contributed by atoms with E-state index in [9.17, 15) is 0 Å². The van der Waals surface area contributed by atoms with Gasteiger partial charge >= 0.3 is 0 Å². The van der Waals surface area contributed by atoms with Crippen LogP contribution in [0.2, 0.25) is 0 Å². The van der Waals surface area contributed by atoms with Crippen molar-refractivity contribution in [2.75, 3.05) is 0 Å². The predicted molar refractivity (Wildman–Crippen MR) is 187 cm³/mol. The molecule has 0 saturated heterocycles. The molecule has 6 nitrogen and oxygen atoms in total. The fourth-order valence-corrected chi connectivity index (χ4v) is 6.09. The fourth-order valence-electron chi connectivity index (χ4n) is 6.09. The highest BCUT2D eigenvalue weighted by atomic mass is 16.3. The van der Waals surface area contributed by atoms with Crippen molar-refractivity contribution in [1.29, 1.82) is 0 Å². The number of oxazole rings is 1. The zero-order chi connectivity index (χ0) is 31.2. The maximum atomic E-state index is 6.28. The third-order valence-corrected chi connectivity index (χ3v) is 8.34. The van der Waals surface area contributed by atoms with Crippen LogP contribution in [-0.2, 0) is 0 Å². The van der Waals surface area contributed by atoms with Crippen LogP contribution in [-0.4, -0.2) is 24.9 Å². The quantitative estimate of drug-likeness (QED) is 0.182. The number of pyridine rings is 1. The molecule has 0 bridgehead atoms. The molecule has 6 heteroatoms. The van der Waals surface area contributed by atoms with Gasteiger partial charge in [-0.2, -0.15) is 0 Å². The Morgan fingerprint density at radius 2 is 0.936 bits per heavy atom. The molecule has 0 amide bonds. The molecule has 0 aliphatic rings. The highest BCUT2D eigenvalue weighted by Crippen LogP contribution is 2.39. The molecule has 6 aromatic carbocycles. The van der Waals surface area contributed by atoms with Gasteiger partial charge < -0.3 is 4.42 Å². The van der Waals surface area contributed by atoms with Crippen LogP contribution in [0.1, 0.15) is 0 Å². The molecule has 220 valence electrons. The van der Waals surface area contributed by atoms with Crippen molar-refractivity contribution in [3.8, 4) is 56.9 Å². The fraction of sp³-hybridized carbons (Fsp3) is 0. The lowest BCUT2D eigenvalue weighted by molar-refractivity contribution is 0.620. The molecule has 9 rings (SSSR count). The van der Waals surface area contributed by atoms with Gasteiger partial charge in [-0.25, -0.2) is 24.9 Å². The Bertz CT molecular complexity index is 2510. The van der Waals surface area contributed by atoms with Crippen molar-refractivity contribution in [2.24, 2.45) is 0 Å². The Balaban J connectivity index is 1.25. The number of fused-ring (bicyclic) bond motifs is 5. The standard InChI is InChI=1S/C41H25N5O/c1-4-13-26(14-5-1)38-44-39(27-15-6-2-7-16-27)46-40(45-38)30-20-12-19-29(25-30)36-32-23-24-34-37(35(32)31-21-10-11-22-33(31)42-36)43-41(47-34)28-17-8-3-9-18-28/h1-25H. The second-order valence-electron chi connectivity index (χ2n) is 11.3. The molecular formula is C41H25N5O. The number of hydrogen-bond acceptors (Lipinski definition) is 6. The predicted octanol–water partition coefficient (Wildman–Crippen LogP) is 10.0. The summed E-state index contributed by atoms with van der Waals surface area (Å²) in [6.07, 6.45) is 0. The van der Waals surface area contributed by atoms with E-state index in [0.29, 0.717) is 23.4 Å². The Morgan fingerprint density at radius 1 is 0.383 bits per heavy atom. The van der Waals surface area contributed by atoms with E-state index in [1.54, 1.807) is 0 Å². The average molecular weight is 604 g/mol. The van der Waals surface area contributed by atoms with Crippen molar-refractivity contribution < 1.29 is 4.42 Å². The Kier molecular flexibility index (Phi) is 6.35. The van der Waals surface area contributed by atoms with Gasteiger partial charge in [0.2, 0.25) is 5.89 Å². The topological polar surface area (TPSA) is 77.6 Å². The Hall–Kier alpha value is -6.53. The van der Waals surface area contributed by atoms with Gasteiger partial charge in [-0.1, -0.05) is 115 Å². The van der Waals surface area contributed by atoms with Crippen LogP contribution < -0.4 is 0 Å². The summed E-state index contributed by atoms with van der Waals surface area (Å²) in [5, 5.41) is 3.03. The number of rotatable bonds is 5. The molecule has 0 fully saturated rings. The monoisotopic (exact) mass is 603 g/mol. The minimum Gasteiger partial charge on any atom is -0.436 e. The van der Waals surface area contributed by atoms with E-state index in [4.69, 9.17) is 29.3 Å². The van der Waals surface area contributed by atoms with E-state index in [2.05, 4.69) is 24.3 Å². The molecule has 3 aromatic heterocycles. The SMILES string of the molecule is c1ccc(-c2nc(-c3ccccc3)nc(-c3cccc(-c4nc5ccccc5c5c4ccc4oc(-c6ccccc6)nc45)c3)n2)cc1. The van der Waals surface area contributed by atoms with E-state index < -0.39 is 0 Å². The number of para-hydroxylation sites is 1. The maximum absolute atomic E-state index is 6.28. The van der Waals surface area contributed by atoms with Crippen molar-refractivity contribution in [3.63, 3.8) is 0 Å². The van der Waals surface area contributed by atoms with Gasteiger partial charge in [0.05, 0.1) is 11.2 Å². The summed E-state index contributed by atoms with van der Waals surface area (Å²) in [5.74, 6) is 2.43. The minimum absolute atomic E-state index is 0.593. The van der Waals surface area contributed by atoms with Crippen molar-refractivity contribution >= 4 is 32.8 Å². The molecule has 0 atom stereocenters. The molecule has 0 unspecified atom stereocenters. The third kappa shape index (κ3) is 4.80. The Morgan fingerprint density at radius 3 is 1.62 bits per heavy atom. The highest BCUT2D eigenvalue weighted by molar-refractivity contribution is 6.20. The summed E-state index contributed by atoms with van der Waals surface area (Å²) in [5.41, 5.74) is 7.90. The summed E-state index contributed by atoms with van der Waals surface area (Å²) in [4.78, 5) is 25.0. The lowest BCUT2D eigenvalue weighted by Crippen LogP contribution is -2.00. The van der Waals surface area contributed by atoms with Crippen LogP contribution in [0.4, 0.5) is 0 Å². The molecule has 0 saturated carbocycles. The normalized spacial score (nSPS) is 11.4. The molecule has 0 N–H and O–H groups in total. The van der Waals surface area contributed by atoms with Crippen molar-refractivity contribution in [3.05, 3.63) is 152 Å². The first-order chi connectivity index (χ1) is 23.3. The van der Waals surface area contributed by atoms with E-state index in [1.165, 1.54) is 0 Å². The number of hydrogen-bond donors (Lipinski definition) is 0. The summed E-state index contributed by atoms with van der Waals surface area (Å²) in [6.45, 7) is 0. The van der Waals surface area contributed by atoms with Crippen LogP contribution in [0, 0.1) is 0 Å². The van der Waals surface area contributed by atoms with E-state index in [1.807, 2.05) is 127 Å². The third-order valence-electron chi connectivity index (χ3n) is 8.34. The van der Waals surface area contributed by atoms with E-state index >= 15 is 0 Å². The molecule has 9 aromatic rings. The first-order valence-corrected chi connectivity index (χ1v) is 15.4. The van der Waals surface area contributed by atoms with Crippen LogP contribution in [0.3, 0.4) is 0 Å². The smallest absolute Gasteiger partial charge is 0.227 e. The second-order valence-corrected chi connectivity index (χ2v) is 11.3. The maximum Gasteiger partial charge on any atom is 0.227 e. The van der Waals surface area contributed by atoms with Gasteiger partial charge in [0.25, 0.3) is 0 Å². The summed E-state index contributed by atoms with van der Waals surface area (Å²) < 4.78 is 6.28. The minimum atomic E-state index is 0.593. The van der Waals surface area contributed by atoms with E-state index in [0.717, 1.165) is 66.3 Å². The van der Waals surface area contributed by atoms with Gasteiger partial charge in [0.15, 0.2) is 23.1 Å². The first kappa shape index (κ1) is 26.8.